The predicted octanol–water partition coefficient (Wildman–Crippen LogP) is 2.63. The van der Waals surface area contributed by atoms with Gasteiger partial charge >= 0.3 is 0 Å². The zero-order valence-corrected chi connectivity index (χ0v) is 23.2. The molecule has 0 saturated carbocycles. The summed E-state index contributed by atoms with van der Waals surface area (Å²) in [5.74, 6) is -1.16. The number of hydrogen-bond donors (Lipinski definition) is 4. The van der Waals surface area contributed by atoms with Crippen LogP contribution in [0.5, 0.6) is 11.5 Å². The Bertz CT molecular complexity index is 1350. The van der Waals surface area contributed by atoms with Crippen LogP contribution in [0.1, 0.15) is 27.0 Å². The summed E-state index contributed by atoms with van der Waals surface area (Å²) in [5, 5.41) is 27.1. The number of aryl methyl sites for hydroxylation is 1. The highest BCUT2D eigenvalue weighted by atomic mass is 32.2. The summed E-state index contributed by atoms with van der Waals surface area (Å²) in [5.41, 5.74) is 2.89. The average molecular weight is 564 g/mol. The van der Waals surface area contributed by atoms with E-state index < -0.39 is 30.0 Å². The maximum absolute atomic E-state index is 13.6. The van der Waals surface area contributed by atoms with Gasteiger partial charge < -0.3 is 30.5 Å². The molecule has 1 fully saturated rings. The molecular weight excluding hydrogens is 530 g/mol. The number of ether oxygens (including phenoxy) is 1. The number of phenolic OH excluding ortho intramolecular Hbond substituents is 1. The molecule has 210 valence electrons. The summed E-state index contributed by atoms with van der Waals surface area (Å²) < 4.78 is 5.19. The molecule has 3 aromatic carbocycles. The van der Waals surface area contributed by atoms with E-state index >= 15 is 0 Å². The molecule has 10 heteroatoms. The molecule has 40 heavy (non-hydrogen) atoms. The Kier molecular flexibility index (Phi) is 9.68. The lowest BCUT2D eigenvalue weighted by atomic mass is 9.99. The minimum absolute atomic E-state index is 0.0133. The number of rotatable bonds is 10. The van der Waals surface area contributed by atoms with Gasteiger partial charge in [0.2, 0.25) is 5.91 Å². The van der Waals surface area contributed by atoms with Crippen molar-refractivity contribution in [3.8, 4) is 11.5 Å². The summed E-state index contributed by atoms with van der Waals surface area (Å²) in [4.78, 5) is 41.3. The van der Waals surface area contributed by atoms with E-state index in [2.05, 4.69) is 10.6 Å². The van der Waals surface area contributed by atoms with E-state index in [4.69, 9.17) is 4.74 Å². The van der Waals surface area contributed by atoms with Gasteiger partial charge in [0.15, 0.2) is 17.6 Å². The van der Waals surface area contributed by atoms with Crippen LogP contribution in [-0.4, -0.2) is 69.8 Å². The Labute approximate surface area is 237 Å². The number of nitrogens with one attached hydrogen (secondary N) is 2. The van der Waals surface area contributed by atoms with E-state index in [1.807, 2.05) is 61.5 Å². The fourth-order valence-electron chi connectivity index (χ4n) is 4.60. The van der Waals surface area contributed by atoms with E-state index in [1.54, 1.807) is 0 Å². The largest absolute Gasteiger partial charge is 0.504 e. The molecule has 0 radical (unpaired) electrons. The molecule has 1 aliphatic rings. The number of para-hydroxylation sites is 1. The van der Waals surface area contributed by atoms with Crippen LogP contribution in [0.15, 0.2) is 72.8 Å². The molecule has 0 aliphatic carbocycles. The molecule has 4 rings (SSSR count). The molecule has 1 aliphatic heterocycles. The number of carbonyl (C=O) groups is 3. The second-order valence-electron chi connectivity index (χ2n) is 9.54. The van der Waals surface area contributed by atoms with Crippen molar-refractivity contribution in [2.24, 2.45) is 0 Å². The Balaban J connectivity index is 1.51. The van der Waals surface area contributed by atoms with Gasteiger partial charge in [0.05, 0.1) is 24.6 Å². The Hall–Kier alpha value is -4.02. The zero-order chi connectivity index (χ0) is 28.6. The van der Waals surface area contributed by atoms with Crippen molar-refractivity contribution >= 4 is 29.5 Å². The smallest absolute Gasteiger partial charge is 0.255 e. The number of phenols is 1. The first-order chi connectivity index (χ1) is 19.3. The molecule has 3 atom stereocenters. The topological polar surface area (TPSA) is 128 Å². The standard InChI is InChI=1S/C30H33N3O6S/c1-19-9-6-7-12-21(19)16-31-29(37)24-17-40-18-33(24)30(38)26(35)23(15-20-10-4-3-5-11-20)32-28(36)22-13-8-14-25(34)27(22)39-2/h3-14,23-24,26,34-35H,15-18H2,1-2H3,(H,31,37)(H,32,36)/t23-,24-,26-/m0/s1. The number of aliphatic hydroxyl groups is 1. The molecule has 0 aromatic heterocycles. The highest BCUT2D eigenvalue weighted by Crippen LogP contribution is 2.30. The lowest BCUT2D eigenvalue weighted by Crippen LogP contribution is -2.56. The molecular formula is C30H33N3O6S. The molecule has 1 heterocycles. The van der Waals surface area contributed by atoms with Crippen LogP contribution < -0.4 is 15.4 Å². The molecule has 1 saturated heterocycles. The van der Waals surface area contributed by atoms with Gasteiger partial charge in [0.1, 0.15) is 6.04 Å². The fourth-order valence-corrected chi connectivity index (χ4v) is 5.77. The maximum Gasteiger partial charge on any atom is 0.255 e. The van der Waals surface area contributed by atoms with Crippen LogP contribution in [0.4, 0.5) is 0 Å². The fraction of sp³-hybridized carbons (Fsp3) is 0.300. The van der Waals surface area contributed by atoms with E-state index in [9.17, 15) is 24.6 Å². The van der Waals surface area contributed by atoms with Crippen molar-refractivity contribution in [3.63, 3.8) is 0 Å². The Morgan fingerprint density at radius 1 is 1.05 bits per heavy atom. The average Bonchev–Trinajstić information content (AvgIpc) is 3.46. The van der Waals surface area contributed by atoms with E-state index in [-0.39, 0.29) is 35.3 Å². The molecule has 4 N–H and O–H groups in total. The molecule has 3 amide bonds. The quantitative estimate of drug-likeness (QED) is 0.299. The van der Waals surface area contributed by atoms with Gasteiger partial charge in [-0.1, -0.05) is 60.7 Å². The van der Waals surface area contributed by atoms with Crippen molar-refractivity contribution in [2.75, 3.05) is 18.7 Å². The van der Waals surface area contributed by atoms with Crippen molar-refractivity contribution in [1.82, 2.24) is 15.5 Å². The first kappa shape index (κ1) is 29.0. The van der Waals surface area contributed by atoms with Gasteiger partial charge in [-0.15, -0.1) is 11.8 Å². The van der Waals surface area contributed by atoms with Crippen molar-refractivity contribution in [3.05, 3.63) is 95.1 Å². The van der Waals surface area contributed by atoms with Gasteiger partial charge in [-0.2, -0.15) is 0 Å². The number of hydrogen-bond acceptors (Lipinski definition) is 7. The first-order valence-electron chi connectivity index (χ1n) is 12.9. The van der Waals surface area contributed by atoms with Gasteiger partial charge in [0.25, 0.3) is 11.8 Å². The highest BCUT2D eigenvalue weighted by Gasteiger charge is 2.40. The van der Waals surface area contributed by atoms with Gasteiger partial charge in [-0.25, -0.2) is 0 Å². The van der Waals surface area contributed by atoms with E-state index in [0.29, 0.717) is 12.3 Å². The maximum atomic E-state index is 13.6. The second kappa shape index (κ2) is 13.4. The Morgan fingerprint density at radius 3 is 2.50 bits per heavy atom. The summed E-state index contributed by atoms with van der Waals surface area (Å²) in [6, 6.07) is 19.5. The lowest BCUT2D eigenvalue weighted by Gasteiger charge is -2.30. The van der Waals surface area contributed by atoms with E-state index in [0.717, 1.165) is 16.7 Å². The lowest BCUT2D eigenvalue weighted by molar-refractivity contribution is -0.146. The van der Waals surface area contributed by atoms with Gasteiger partial charge in [-0.3, -0.25) is 14.4 Å². The normalized spacial score (nSPS) is 16.2. The third-order valence-corrected chi connectivity index (χ3v) is 7.89. The molecule has 3 aromatic rings. The first-order valence-corrected chi connectivity index (χ1v) is 14.0. The monoisotopic (exact) mass is 563 g/mol. The number of aromatic hydroxyl groups is 1. The molecule has 9 nitrogen and oxygen atoms in total. The van der Waals surface area contributed by atoms with Crippen molar-refractivity contribution < 1.29 is 29.3 Å². The number of benzene rings is 3. The van der Waals surface area contributed by atoms with Crippen LogP contribution in [-0.2, 0) is 22.6 Å². The van der Waals surface area contributed by atoms with Crippen LogP contribution in [0, 0.1) is 6.92 Å². The third-order valence-electron chi connectivity index (χ3n) is 6.87. The van der Waals surface area contributed by atoms with Crippen LogP contribution >= 0.6 is 11.8 Å². The van der Waals surface area contributed by atoms with Gasteiger partial charge in [-0.05, 0) is 42.2 Å². The number of amides is 3. The highest BCUT2D eigenvalue weighted by molar-refractivity contribution is 7.99. The van der Waals surface area contributed by atoms with Gasteiger partial charge in [0, 0.05) is 12.3 Å². The summed E-state index contributed by atoms with van der Waals surface area (Å²) in [6.45, 7) is 2.29. The van der Waals surface area contributed by atoms with E-state index in [1.165, 1.54) is 42.0 Å². The second-order valence-corrected chi connectivity index (χ2v) is 10.5. The number of aliphatic hydroxyl groups excluding tert-OH is 1. The van der Waals surface area contributed by atoms with Crippen LogP contribution in [0.25, 0.3) is 0 Å². The van der Waals surface area contributed by atoms with Crippen LogP contribution in [0.3, 0.4) is 0 Å². The summed E-state index contributed by atoms with van der Waals surface area (Å²) in [7, 11) is 1.33. The number of carbonyl (C=O) groups excluding carboxylic acids is 3. The van der Waals surface area contributed by atoms with Crippen LogP contribution in [0.2, 0.25) is 0 Å². The number of methoxy groups -OCH3 is 1. The molecule has 0 unspecified atom stereocenters. The van der Waals surface area contributed by atoms with Crippen molar-refractivity contribution in [2.45, 2.75) is 38.1 Å². The molecule has 0 spiro atoms. The third kappa shape index (κ3) is 6.75. The molecule has 0 bridgehead atoms. The summed E-state index contributed by atoms with van der Waals surface area (Å²) >= 11 is 1.42. The summed E-state index contributed by atoms with van der Waals surface area (Å²) in [6.07, 6.45) is -1.47. The SMILES string of the molecule is COc1c(O)cccc1C(=O)N[C@@H](Cc1ccccc1)[C@H](O)C(=O)N1CSC[C@H]1C(=O)NCc1ccccc1C. The minimum Gasteiger partial charge on any atom is -0.504 e. The predicted molar refractivity (Wildman–Crippen MR) is 153 cm³/mol. The zero-order valence-electron chi connectivity index (χ0n) is 22.4. The minimum atomic E-state index is -1.63. The number of nitrogens with zero attached hydrogens (tertiary/aromatic N) is 1. The van der Waals surface area contributed by atoms with Crippen molar-refractivity contribution in [1.29, 1.82) is 0 Å². The Morgan fingerprint density at radius 2 is 1.77 bits per heavy atom. The number of thioether (sulfide) groups is 1.